The average molecular weight is 227 g/mol. The summed E-state index contributed by atoms with van der Waals surface area (Å²) in [6, 6.07) is 0.406. The second-order valence-electron chi connectivity index (χ2n) is 4.10. The third kappa shape index (κ3) is 3.90. The Hall–Kier alpha value is -0.940. The van der Waals surface area contributed by atoms with E-state index in [9.17, 15) is 0 Å². The van der Waals surface area contributed by atoms with Gasteiger partial charge in [-0.2, -0.15) is 4.98 Å². The van der Waals surface area contributed by atoms with Crippen LogP contribution in [-0.4, -0.2) is 39.3 Å². The summed E-state index contributed by atoms with van der Waals surface area (Å²) < 4.78 is 5.15. The van der Waals surface area contributed by atoms with Gasteiger partial charge in [0.25, 0.3) is 0 Å². The van der Waals surface area contributed by atoms with Crippen molar-refractivity contribution in [3.05, 3.63) is 11.7 Å². The van der Waals surface area contributed by atoms with Crippen molar-refractivity contribution in [3.8, 4) is 0 Å². The van der Waals surface area contributed by atoms with Crippen LogP contribution in [-0.2, 0) is 13.0 Å². The molecule has 1 N–H and O–H groups in total. The molecule has 0 amide bonds. The maximum absolute atomic E-state index is 8.83. The Labute approximate surface area is 96.5 Å². The monoisotopic (exact) mass is 227 g/mol. The molecule has 1 rings (SSSR count). The lowest BCUT2D eigenvalue weighted by Crippen LogP contribution is -2.31. The van der Waals surface area contributed by atoms with Gasteiger partial charge in [0, 0.05) is 25.6 Å². The number of aryl methyl sites for hydroxylation is 1. The number of hydrogen-bond acceptors (Lipinski definition) is 5. The van der Waals surface area contributed by atoms with Crippen molar-refractivity contribution >= 4 is 0 Å². The molecule has 0 saturated heterocycles. The highest BCUT2D eigenvalue weighted by Crippen LogP contribution is 2.07. The van der Waals surface area contributed by atoms with Crippen molar-refractivity contribution in [2.24, 2.45) is 0 Å². The van der Waals surface area contributed by atoms with Crippen molar-refractivity contribution < 1.29 is 9.63 Å². The van der Waals surface area contributed by atoms with Crippen LogP contribution >= 0.6 is 0 Å². The van der Waals surface area contributed by atoms with Gasteiger partial charge in [-0.1, -0.05) is 12.1 Å². The summed E-state index contributed by atoms with van der Waals surface area (Å²) in [4.78, 5) is 6.49. The fourth-order valence-corrected chi connectivity index (χ4v) is 1.47. The number of rotatable bonds is 7. The molecule has 0 aliphatic carbocycles. The van der Waals surface area contributed by atoms with E-state index < -0.39 is 0 Å². The molecule has 0 saturated carbocycles. The Morgan fingerprint density at radius 3 is 2.69 bits per heavy atom. The highest BCUT2D eigenvalue weighted by molar-refractivity contribution is 4.86. The molecule has 0 bridgehead atoms. The molecule has 0 aromatic carbocycles. The zero-order valence-corrected chi connectivity index (χ0v) is 10.3. The largest absolute Gasteiger partial charge is 0.396 e. The molecule has 1 aromatic heterocycles. The molecular weight excluding hydrogens is 206 g/mol. The first-order valence-electron chi connectivity index (χ1n) is 5.83. The van der Waals surface area contributed by atoms with Gasteiger partial charge in [-0.15, -0.1) is 0 Å². The van der Waals surface area contributed by atoms with E-state index in [1.165, 1.54) is 0 Å². The fraction of sp³-hybridized carbons (Fsp3) is 0.818. The van der Waals surface area contributed by atoms with E-state index in [1.54, 1.807) is 0 Å². The lowest BCUT2D eigenvalue weighted by molar-refractivity contribution is 0.165. The van der Waals surface area contributed by atoms with Gasteiger partial charge in [0.05, 0.1) is 6.54 Å². The lowest BCUT2D eigenvalue weighted by Gasteiger charge is -2.24. The van der Waals surface area contributed by atoms with Crippen LogP contribution in [0.4, 0.5) is 0 Å². The Balaban J connectivity index is 2.53. The number of aliphatic hydroxyl groups is 1. The van der Waals surface area contributed by atoms with E-state index in [4.69, 9.17) is 9.63 Å². The van der Waals surface area contributed by atoms with E-state index >= 15 is 0 Å². The molecule has 0 unspecified atom stereocenters. The molecule has 5 nitrogen and oxygen atoms in total. The first-order valence-corrected chi connectivity index (χ1v) is 5.83. The van der Waals surface area contributed by atoms with Crippen molar-refractivity contribution in [2.45, 2.75) is 46.2 Å². The Morgan fingerprint density at radius 1 is 1.44 bits per heavy atom. The highest BCUT2D eigenvalue weighted by atomic mass is 16.5. The van der Waals surface area contributed by atoms with Gasteiger partial charge >= 0.3 is 0 Å². The normalized spacial score (nSPS) is 11.6. The lowest BCUT2D eigenvalue weighted by atomic mass is 10.3. The smallest absolute Gasteiger partial charge is 0.240 e. The predicted octanol–water partition coefficient (Wildman–Crippen LogP) is 1.22. The molecule has 1 aromatic rings. The van der Waals surface area contributed by atoms with Crippen LogP contribution in [0, 0.1) is 0 Å². The molecule has 5 heteroatoms. The molecule has 16 heavy (non-hydrogen) atoms. The number of nitrogens with zero attached hydrogens (tertiary/aromatic N) is 3. The zero-order chi connectivity index (χ0) is 12.0. The van der Waals surface area contributed by atoms with Crippen molar-refractivity contribution in [2.75, 3.05) is 13.2 Å². The number of aromatic nitrogens is 2. The molecule has 0 aliphatic heterocycles. The molecule has 0 fully saturated rings. The van der Waals surface area contributed by atoms with Gasteiger partial charge in [0.2, 0.25) is 5.89 Å². The summed E-state index contributed by atoms with van der Waals surface area (Å²) >= 11 is 0. The van der Waals surface area contributed by atoms with Crippen LogP contribution < -0.4 is 0 Å². The quantitative estimate of drug-likeness (QED) is 0.759. The maximum Gasteiger partial charge on any atom is 0.240 e. The van der Waals surface area contributed by atoms with Crippen molar-refractivity contribution in [1.29, 1.82) is 0 Å². The molecule has 0 aliphatic rings. The van der Waals surface area contributed by atoms with E-state index in [1.807, 2.05) is 6.92 Å². The van der Waals surface area contributed by atoms with Gasteiger partial charge in [0.1, 0.15) is 0 Å². The Kier molecular flexibility index (Phi) is 5.42. The van der Waals surface area contributed by atoms with E-state index in [0.717, 1.165) is 25.2 Å². The summed E-state index contributed by atoms with van der Waals surface area (Å²) in [7, 11) is 0. The predicted molar refractivity (Wildman–Crippen MR) is 60.9 cm³/mol. The van der Waals surface area contributed by atoms with Gasteiger partial charge in [0.15, 0.2) is 5.82 Å². The summed E-state index contributed by atoms with van der Waals surface area (Å²) in [5.74, 6) is 1.41. The maximum atomic E-state index is 8.83. The molecule has 0 spiro atoms. The molecule has 0 atom stereocenters. The topological polar surface area (TPSA) is 62.4 Å². The van der Waals surface area contributed by atoms with E-state index in [-0.39, 0.29) is 6.61 Å². The minimum atomic E-state index is 0.216. The van der Waals surface area contributed by atoms with Crippen LogP contribution in [0.1, 0.15) is 38.9 Å². The molecular formula is C11H21N3O2. The second kappa shape index (κ2) is 6.60. The first kappa shape index (κ1) is 13.1. The van der Waals surface area contributed by atoms with Crippen molar-refractivity contribution in [3.63, 3.8) is 0 Å². The van der Waals surface area contributed by atoms with E-state index in [0.29, 0.717) is 18.5 Å². The van der Waals surface area contributed by atoms with Crippen LogP contribution in [0.25, 0.3) is 0 Å². The summed E-state index contributed by atoms with van der Waals surface area (Å²) in [6.45, 7) is 7.96. The third-order valence-corrected chi connectivity index (χ3v) is 2.50. The first-order chi connectivity index (χ1) is 7.67. The fourth-order valence-electron chi connectivity index (χ4n) is 1.47. The number of aliphatic hydroxyl groups excluding tert-OH is 1. The summed E-state index contributed by atoms with van der Waals surface area (Å²) in [5, 5.41) is 12.7. The van der Waals surface area contributed by atoms with E-state index in [2.05, 4.69) is 28.9 Å². The van der Waals surface area contributed by atoms with Gasteiger partial charge in [-0.3, -0.25) is 4.90 Å². The summed E-state index contributed by atoms with van der Waals surface area (Å²) in [6.07, 6.45) is 1.56. The number of hydrogen-bond donors (Lipinski definition) is 1. The van der Waals surface area contributed by atoms with Crippen LogP contribution in [0.2, 0.25) is 0 Å². The van der Waals surface area contributed by atoms with Crippen LogP contribution in [0.5, 0.6) is 0 Å². The third-order valence-electron chi connectivity index (χ3n) is 2.50. The molecule has 92 valence electrons. The minimum absolute atomic E-state index is 0.216. The SMILES string of the molecule is CCc1noc(CN(CCCO)C(C)C)n1. The highest BCUT2D eigenvalue weighted by Gasteiger charge is 2.13. The minimum Gasteiger partial charge on any atom is -0.396 e. The van der Waals surface area contributed by atoms with Gasteiger partial charge in [-0.25, -0.2) is 0 Å². The Bertz CT molecular complexity index is 299. The average Bonchev–Trinajstić information content (AvgIpc) is 2.71. The second-order valence-corrected chi connectivity index (χ2v) is 4.10. The van der Waals surface area contributed by atoms with Crippen molar-refractivity contribution in [1.82, 2.24) is 15.0 Å². The zero-order valence-electron chi connectivity index (χ0n) is 10.3. The Morgan fingerprint density at radius 2 is 2.19 bits per heavy atom. The van der Waals surface area contributed by atoms with Gasteiger partial charge < -0.3 is 9.63 Å². The van der Waals surface area contributed by atoms with Gasteiger partial charge in [-0.05, 0) is 20.3 Å². The molecule has 0 radical (unpaired) electrons. The molecule has 1 heterocycles. The summed E-state index contributed by atoms with van der Waals surface area (Å²) in [5.41, 5.74) is 0. The standard InChI is InChI=1S/C11H21N3O2/c1-4-10-12-11(16-13-10)8-14(9(2)3)6-5-7-15/h9,15H,4-8H2,1-3H3. The van der Waals surface area contributed by atoms with Crippen LogP contribution in [0.15, 0.2) is 4.52 Å². The van der Waals surface area contributed by atoms with Crippen LogP contribution in [0.3, 0.4) is 0 Å².